The maximum Gasteiger partial charge on any atom is 0.325 e. The van der Waals surface area contributed by atoms with Crippen molar-refractivity contribution in [2.45, 2.75) is 19.0 Å². The van der Waals surface area contributed by atoms with E-state index in [4.69, 9.17) is 16.1 Å². The highest BCUT2D eigenvalue weighted by molar-refractivity contribution is 6.33. The Morgan fingerprint density at radius 1 is 1.17 bits per heavy atom. The summed E-state index contributed by atoms with van der Waals surface area (Å²) in [5, 5.41) is 6.74. The Kier molecular flexibility index (Phi) is 4.54. The van der Waals surface area contributed by atoms with Crippen LogP contribution >= 0.6 is 11.6 Å². The first-order valence-corrected chi connectivity index (χ1v) is 8.84. The zero-order valence-electron chi connectivity index (χ0n) is 14.9. The van der Waals surface area contributed by atoms with Crippen molar-refractivity contribution in [2.24, 2.45) is 0 Å². The molecule has 29 heavy (non-hydrogen) atoms. The van der Waals surface area contributed by atoms with Crippen LogP contribution in [-0.2, 0) is 16.9 Å². The Morgan fingerprint density at radius 2 is 1.93 bits per heavy atom. The van der Waals surface area contributed by atoms with E-state index in [-0.39, 0.29) is 23.8 Å². The molecule has 0 bridgehead atoms. The smallest absolute Gasteiger partial charge is 0.325 e. The molecule has 1 N–H and O–H groups in total. The summed E-state index contributed by atoms with van der Waals surface area (Å²) >= 11 is 6.11. The lowest BCUT2D eigenvalue weighted by Gasteiger charge is -2.22. The van der Waals surface area contributed by atoms with Crippen LogP contribution in [0.2, 0.25) is 5.02 Å². The fourth-order valence-corrected chi connectivity index (χ4v) is 3.27. The molecule has 3 amide bonds. The third kappa shape index (κ3) is 3.23. The standard InChI is InChI=1S/C19H13ClF2N4O3/c1-19(10-6-7-13(21)14(22)8-10)17(27)26(18(28)24-19)9-15-23-16(25-29-15)11-4-2-3-5-12(11)20/h2-8H,9H2,1H3,(H,24,28). The summed E-state index contributed by atoms with van der Waals surface area (Å²) in [5.74, 6) is -2.61. The van der Waals surface area contributed by atoms with Crippen molar-refractivity contribution < 1.29 is 22.9 Å². The van der Waals surface area contributed by atoms with Gasteiger partial charge in [0.25, 0.3) is 5.91 Å². The molecule has 1 unspecified atom stereocenters. The number of imide groups is 1. The summed E-state index contributed by atoms with van der Waals surface area (Å²) in [6.45, 7) is 1.12. The molecule has 4 rings (SSSR count). The number of rotatable bonds is 4. The molecule has 7 nitrogen and oxygen atoms in total. The predicted octanol–water partition coefficient (Wildman–Crippen LogP) is 3.64. The van der Waals surface area contributed by atoms with Crippen molar-refractivity contribution in [1.29, 1.82) is 0 Å². The van der Waals surface area contributed by atoms with Crippen molar-refractivity contribution in [2.75, 3.05) is 0 Å². The van der Waals surface area contributed by atoms with Gasteiger partial charge in [0, 0.05) is 5.56 Å². The number of nitrogens with zero attached hydrogens (tertiary/aromatic N) is 3. The van der Waals surface area contributed by atoms with Gasteiger partial charge in [0.2, 0.25) is 11.7 Å². The van der Waals surface area contributed by atoms with Crippen molar-refractivity contribution in [1.82, 2.24) is 20.4 Å². The summed E-state index contributed by atoms with van der Waals surface area (Å²) < 4.78 is 32.0. The maximum atomic E-state index is 13.6. The number of benzene rings is 2. The first-order chi connectivity index (χ1) is 13.8. The SMILES string of the molecule is CC1(c2ccc(F)c(F)c2)NC(=O)N(Cc2nc(-c3ccccc3Cl)no2)C1=O. The van der Waals surface area contributed by atoms with Crippen molar-refractivity contribution in [3.63, 3.8) is 0 Å². The van der Waals surface area contributed by atoms with Gasteiger partial charge in [-0.2, -0.15) is 4.98 Å². The Hall–Kier alpha value is -3.33. The first-order valence-electron chi connectivity index (χ1n) is 8.47. The minimum absolute atomic E-state index is 0.0120. The third-order valence-corrected chi connectivity index (χ3v) is 4.98. The highest BCUT2D eigenvalue weighted by atomic mass is 35.5. The second-order valence-corrected chi connectivity index (χ2v) is 6.97. The van der Waals surface area contributed by atoms with Crippen LogP contribution in [0.5, 0.6) is 0 Å². The molecule has 1 saturated heterocycles. The van der Waals surface area contributed by atoms with Crippen LogP contribution in [0.3, 0.4) is 0 Å². The molecule has 10 heteroatoms. The molecule has 1 aliphatic heterocycles. The van der Waals surface area contributed by atoms with E-state index in [9.17, 15) is 18.4 Å². The van der Waals surface area contributed by atoms with Gasteiger partial charge >= 0.3 is 6.03 Å². The van der Waals surface area contributed by atoms with Crippen molar-refractivity contribution >= 4 is 23.5 Å². The molecule has 2 aromatic carbocycles. The molecule has 2 heterocycles. The summed E-state index contributed by atoms with van der Waals surface area (Å²) in [7, 11) is 0. The van der Waals surface area contributed by atoms with Crippen LogP contribution in [0.4, 0.5) is 13.6 Å². The highest BCUT2D eigenvalue weighted by Crippen LogP contribution is 2.31. The molecule has 1 atom stereocenters. The fourth-order valence-electron chi connectivity index (χ4n) is 3.05. The predicted molar refractivity (Wildman–Crippen MR) is 97.5 cm³/mol. The van der Waals surface area contributed by atoms with E-state index in [2.05, 4.69) is 15.5 Å². The number of urea groups is 1. The van der Waals surface area contributed by atoms with Gasteiger partial charge in [0.15, 0.2) is 11.6 Å². The summed E-state index contributed by atoms with van der Waals surface area (Å²) in [6.07, 6.45) is 0. The van der Waals surface area contributed by atoms with Gasteiger partial charge < -0.3 is 9.84 Å². The molecule has 0 spiro atoms. The molecule has 1 aliphatic rings. The molecule has 1 fully saturated rings. The van der Waals surface area contributed by atoms with E-state index in [1.165, 1.54) is 13.0 Å². The molecule has 148 valence electrons. The second kappa shape index (κ2) is 6.93. The van der Waals surface area contributed by atoms with E-state index in [0.29, 0.717) is 10.6 Å². The topological polar surface area (TPSA) is 88.3 Å². The largest absolute Gasteiger partial charge is 0.337 e. The monoisotopic (exact) mass is 418 g/mol. The summed E-state index contributed by atoms with van der Waals surface area (Å²) in [4.78, 5) is 30.3. The molecule has 0 aliphatic carbocycles. The van der Waals surface area contributed by atoms with Crippen molar-refractivity contribution in [3.8, 4) is 11.4 Å². The van der Waals surface area contributed by atoms with E-state index in [1.807, 2.05) is 0 Å². The van der Waals surface area contributed by atoms with Gasteiger partial charge in [-0.15, -0.1) is 0 Å². The van der Waals surface area contributed by atoms with Crippen LogP contribution in [-0.4, -0.2) is 27.0 Å². The number of carbonyl (C=O) groups excluding carboxylic acids is 2. The Labute approximate surface area is 168 Å². The van der Waals surface area contributed by atoms with Gasteiger partial charge in [-0.3, -0.25) is 9.69 Å². The number of aromatic nitrogens is 2. The Morgan fingerprint density at radius 3 is 2.66 bits per heavy atom. The van der Waals surface area contributed by atoms with Crippen LogP contribution in [0.15, 0.2) is 47.0 Å². The third-order valence-electron chi connectivity index (χ3n) is 4.65. The maximum absolute atomic E-state index is 13.6. The van der Waals surface area contributed by atoms with Crippen molar-refractivity contribution in [3.05, 3.63) is 70.6 Å². The van der Waals surface area contributed by atoms with Crippen LogP contribution < -0.4 is 5.32 Å². The molecule has 1 aromatic heterocycles. The number of hydrogen-bond donors (Lipinski definition) is 1. The zero-order valence-corrected chi connectivity index (χ0v) is 15.7. The number of hydrogen-bond acceptors (Lipinski definition) is 5. The first kappa shape index (κ1) is 19.0. The second-order valence-electron chi connectivity index (χ2n) is 6.57. The summed E-state index contributed by atoms with van der Waals surface area (Å²) in [6, 6.07) is 9.15. The van der Waals surface area contributed by atoms with Gasteiger partial charge in [0.05, 0.1) is 5.02 Å². The van der Waals surface area contributed by atoms with E-state index in [0.717, 1.165) is 17.0 Å². The number of amides is 3. The average Bonchev–Trinajstić information content (AvgIpc) is 3.23. The lowest BCUT2D eigenvalue weighted by Crippen LogP contribution is -2.41. The number of halogens is 3. The number of nitrogens with one attached hydrogen (secondary N) is 1. The van der Waals surface area contributed by atoms with Crippen LogP contribution in [0.25, 0.3) is 11.4 Å². The van der Waals surface area contributed by atoms with Gasteiger partial charge in [0.1, 0.15) is 12.1 Å². The van der Waals surface area contributed by atoms with Gasteiger partial charge in [-0.25, -0.2) is 13.6 Å². The molecular formula is C19H13ClF2N4O3. The van der Waals surface area contributed by atoms with E-state index >= 15 is 0 Å². The van der Waals surface area contributed by atoms with E-state index in [1.54, 1.807) is 24.3 Å². The van der Waals surface area contributed by atoms with E-state index < -0.39 is 29.1 Å². The Bertz CT molecular complexity index is 1140. The Balaban J connectivity index is 1.59. The molecule has 0 radical (unpaired) electrons. The van der Waals surface area contributed by atoms with Gasteiger partial charge in [-0.1, -0.05) is 35.0 Å². The minimum Gasteiger partial charge on any atom is -0.337 e. The molecule has 3 aromatic rings. The van der Waals surface area contributed by atoms with Gasteiger partial charge in [-0.05, 0) is 36.8 Å². The normalized spacial score (nSPS) is 19.0. The zero-order chi connectivity index (χ0) is 20.8. The fraction of sp³-hybridized carbons (Fsp3) is 0.158. The quantitative estimate of drug-likeness (QED) is 0.653. The summed E-state index contributed by atoms with van der Waals surface area (Å²) in [5.41, 5.74) is -0.912. The lowest BCUT2D eigenvalue weighted by atomic mass is 9.92. The highest BCUT2D eigenvalue weighted by Gasteiger charge is 2.49. The lowest BCUT2D eigenvalue weighted by molar-refractivity contribution is -0.131. The van der Waals surface area contributed by atoms with Crippen LogP contribution in [0, 0.1) is 11.6 Å². The van der Waals surface area contributed by atoms with Crippen LogP contribution in [0.1, 0.15) is 18.4 Å². The number of carbonyl (C=O) groups is 2. The molecular weight excluding hydrogens is 406 g/mol. The average molecular weight is 419 g/mol. The minimum atomic E-state index is -1.56. The molecule has 0 saturated carbocycles.